The van der Waals surface area contributed by atoms with E-state index in [1.54, 1.807) is 54.6 Å². The first kappa shape index (κ1) is 23.4. The standard InChI is InChI=1S/C28H21NO6/c30-26(21-9-5-2-6-10-21)27(22-11-15-24(16-12-22)29(32)33)35-28(31)23-13-17-25(18-14-23)34-19-20-7-3-1-4-8-20/h1-18,27H,19H2/t27-/m0/s1. The molecule has 0 bridgehead atoms. The molecule has 4 aromatic rings. The van der Waals surface area contributed by atoms with Crippen molar-refractivity contribution in [1.29, 1.82) is 0 Å². The summed E-state index contributed by atoms with van der Waals surface area (Å²) in [4.78, 5) is 36.5. The third-order valence-corrected chi connectivity index (χ3v) is 5.27. The van der Waals surface area contributed by atoms with Gasteiger partial charge in [-0.05, 0) is 42.0 Å². The van der Waals surface area contributed by atoms with E-state index >= 15 is 0 Å². The van der Waals surface area contributed by atoms with Crippen LogP contribution in [0.2, 0.25) is 0 Å². The van der Waals surface area contributed by atoms with Crippen LogP contribution in [0.4, 0.5) is 5.69 Å². The molecule has 7 nitrogen and oxygen atoms in total. The van der Waals surface area contributed by atoms with Crippen LogP contribution in [0.3, 0.4) is 0 Å². The van der Waals surface area contributed by atoms with Gasteiger partial charge in [0, 0.05) is 23.3 Å². The molecule has 0 aliphatic carbocycles. The monoisotopic (exact) mass is 467 g/mol. The van der Waals surface area contributed by atoms with Gasteiger partial charge in [0.05, 0.1) is 10.5 Å². The number of ketones is 1. The molecule has 0 fully saturated rings. The van der Waals surface area contributed by atoms with Crippen molar-refractivity contribution in [2.24, 2.45) is 0 Å². The molecule has 0 unspecified atom stereocenters. The van der Waals surface area contributed by atoms with Crippen LogP contribution in [0.5, 0.6) is 5.75 Å². The fraction of sp³-hybridized carbons (Fsp3) is 0.0714. The first-order chi connectivity index (χ1) is 17.0. The Bertz CT molecular complexity index is 1300. The van der Waals surface area contributed by atoms with Crippen LogP contribution in [0.25, 0.3) is 0 Å². The molecule has 0 radical (unpaired) electrons. The maximum absolute atomic E-state index is 13.2. The topological polar surface area (TPSA) is 95.7 Å². The molecule has 35 heavy (non-hydrogen) atoms. The van der Waals surface area contributed by atoms with Crippen LogP contribution >= 0.6 is 0 Å². The number of non-ortho nitro benzene ring substituents is 1. The molecular weight excluding hydrogens is 446 g/mol. The summed E-state index contributed by atoms with van der Waals surface area (Å²) in [5.74, 6) is -0.555. The van der Waals surface area contributed by atoms with E-state index in [2.05, 4.69) is 0 Å². The number of benzene rings is 4. The molecule has 0 N–H and O–H groups in total. The molecular formula is C28H21NO6. The minimum absolute atomic E-state index is 0.128. The van der Waals surface area contributed by atoms with Gasteiger partial charge in [-0.25, -0.2) is 4.79 Å². The number of Topliss-reactive ketones (excluding diaryl/α,β-unsaturated/α-hetero) is 1. The minimum atomic E-state index is -1.26. The zero-order chi connectivity index (χ0) is 24.6. The fourth-order valence-electron chi connectivity index (χ4n) is 3.40. The van der Waals surface area contributed by atoms with Crippen LogP contribution in [0.15, 0.2) is 109 Å². The molecule has 0 aliphatic rings. The molecule has 174 valence electrons. The zero-order valence-corrected chi connectivity index (χ0v) is 18.6. The highest BCUT2D eigenvalue weighted by Crippen LogP contribution is 2.26. The van der Waals surface area contributed by atoms with Gasteiger partial charge in [0.2, 0.25) is 5.78 Å². The van der Waals surface area contributed by atoms with Crippen molar-refractivity contribution in [2.75, 3.05) is 0 Å². The molecule has 0 aromatic heterocycles. The summed E-state index contributed by atoms with van der Waals surface area (Å²) < 4.78 is 11.4. The summed E-state index contributed by atoms with van der Waals surface area (Å²) in [6.07, 6.45) is -1.26. The number of ether oxygens (including phenoxy) is 2. The summed E-state index contributed by atoms with van der Waals surface area (Å²) in [7, 11) is 0. The summed E-state index contributed by atoms with van der Waals surface area (Å²) in [6, 6.07) is 29.9. The minimum Gasteiger partial charge on any atom is -0.489 e. The SMILES string of the molecule is O=C(O[C@H](C(=O)c1ccccc1)c1ccc([N+](=O)[O-])cc1)c1ccc(OCc2ccccc2)cc1. The molecule has 0 saturated carbocycles. The maximum Gasteiger partial charge on any atom is 0.339 e. The van der Waals surface area contributed by atoms with Crippen LogP contribution in [-0.4, -0.2) is 16.7 Å². The summed E-state index contributed by atoms with van der Waals surface area (Å²) in [5, 5.41) is 11.0. The van der Waals surface area contributed by atoms with Gasteiger partial charge in [0.15, 0.2) is 6.10 Å². The first-order valence-electron chi connectivity index (χ1n) is 10.8. The van der Waals surface area contributed by atoms with Crippen molar-refractivity contribution >= 4 is 17.4 Å². The van der Waals surface area contributed by atoms with Crippen molar-refractivity contribution in [2.45, 2.75) is 12.7 Å². The number of carbonyl (C=O) groups is 2. The lowest BCUT2D eigenvalue weighted by Crippen LogP contribution is -2.20. The van der Waals surface area contributed by atoms with Crippen molar-refractivity contribution in [3.8, 4) is 5.75 Å². The van der Waals surface area contributed by atoms with E-state index in [9.17, 15) is 19.7 Å². The first-order valence-corrected chi connectivity index (χ1v) is 10.8. The molecule has 1 atom stereocenters. The lowest BCUT2D eigenvalue weighted by Gasteiger charge is -2.17. The Morgan fingerprint density at radius 2 is 1.34 bits per heavy atom. The maximum atomic E-state index is 13.2. The molecule has 0 heterocycles. The number of rotatable bonds is 9. The second-order valence-corrected chi connectivity index (χ2v) is 7.66. The van der Waals surface area contributed by atoms with Crippen molar-refractivity contribution in [3.63, 3.8) is 0 Å². The van der Waals surface area contributed by atoms with Gasteiger partial charge < -0.3 is 9.47 Å². The third-order valence-electron chi connectivity index (χ3n) is 5.27. The molecule has 0 amide bonds. The molecule has 4 rings (SSSR count). The Morgan fingerprint density at radius 3 is 1.94 bits per heavy atom. The number of nitro groups is 1. The largest absolute Gasteiger partial charge is 0.489 e. The summed E-state index contributed by atoms with van der Waals surface area (Å²) in [5.41, 5.74) is 1.82. The molecule has 4 aromatic carbocycles. The predicted octanol–water partition coefficient (Wildman–Crippen LogP) is 5.95. The van der Waals surface area contributed by atoms with E-state index in [4.69, 9.17) is 9.47 Å². The van der Waals surface area contributed by atoms with E-state index in [0.29, 0.717) is 23.5 Å². The summed E-state index contributed by atoms with van der Waals surface area (Å²) in [6.45, 7) is 0.387. The summed E-state index contributed by atoms with van der Waals surface area (Å²) >= 11 is 0. The van der Waals surface area contributed by atoms with Crippen LogP contribution in [0.1, 0.15) is 37.9 Å². The second kappa shape index (κ2) is 10.9. The van der Waals surface area contributed by atoms with Gasteiger partial charge in [0.1, 0.15) is 12.4 Å². The number of hydrogen-bond acceptors (Lipinski definition) is 6. The Morgan fingerprint density at radius 1 is 0.743 bits per heavy atom. The van der Waals surface area contributed by atoms with Crippen molar-refractivity contribution < 1.29 is 24.0 Å². The van der Waals surface area contributed by atoms with E-state index in [0.717, 1.165) is 5.56 Å². The number of carbonyl (C=O) groups excluding carboxylic acids is 2. The Hall–Kier alpha value is -4.78. The van der Waals surface area contributed by atoms with E-state index in [1.807, 2.05) is 30.3 Å². The Balaban J connectivity index is 1.51. The lowest BCUT2D eigenvalue weighted by molar-refractivity contribution is -0.384. The Labute approximate surface area is 201 Å². The zero-order valence-electron chi connectivity index (χ0n) is 18.6. The highest BCUT2D eigenvalue weighted by Gasteiger charge is 2.27. The van der Waals surface area contributed by atoms with Crippen molar-refractivity contribution in [1.82, 2.24) is 0 Å². The van der Waals surface area contributed by atoms with E-state index < -0.39 is 22.8 Å². The Kier molecular flexibility index (Phi) is 7.28. The van der Waals surface area contributed by atoms with Gasteiger partial charge in [-0.2, -0.15) is 0 Å². The lowest BCUT2D eigenvalue weighted by atomic mass is 9.99. The van der Waals surface area contributed by atoms with E-state index in [-0.39, 0.29) is 11.3 Å². The molecule has 0 spiro atoms. The average molecular weight is 467 g/mol. The highest BCUT2D eigenvalue weighted by atomic mass is 16.6. The molecule has 0 aliphatic heterocycles. The molecule has 7 heteroatoms. The predicted molar refractivity (Wildman–Crippen MR) is 129 cm³/mol. The van der Waals surface area contributed by atoms with Gasteiger partial charge in [-0.15, -0.1) is 0 Å². The molecule has 0 saturated heterocycles. The van der Waals surface area contributed by atoms with Crippen LogP contribution in [-0.2, 0) is 11.3 Å². The van der Waals surface area contributed by atoms with Gasteiger partial charge in [-0.1, -0.05) is 60.7 Å². The smallest absolute Gasteiger partial charge is 0.339 e. The second-order valence-electron chi connectivity index (χ2n) is 7.66. The number of nitrogens with zero attached hydrogens (tertiary/aromatic N) is 1. The van der Waals surface area contributed by atoms with Gasteiger partial charge >= 0.3 is 5.97 Å². The third kappa shape index (κ3) is 5.97. The fourth-order valence-corrected chi connectivity index (χ4v) is 3.40. The van der Waals surface area contributed by atoms with Crippen molar-refractivity contribution in [3.05, 3.63) is 142 Å². The average Bonchev–Trinajstić information content (AvgIpc) is 2.91. The number of esters is 1. The normalized spacial score (nSPS) is 11.3. The highest BCUT2D eigenvalue weighted by molar-refractivity contribution is 6.02. The number of nitro benzene ring substituents is 1. The van der Waals surface area contributed by atoms with Gasteiger partial charge in [-0.3, -0.25) is 14.9 Å². The van der Waals surface area contributed by atoms with Crippen LogP contribution < -0.4 is 4.74 Å². The van der Waals surface area contributed by atoms with Gasteiger partial charge in [0.25, 0.3) is 5.69 Å². The van der Waals surface area contributed by atoms with Crippen LogP contribution in [0, 0.1) is 10.1 Å². The quantitative estimate of drug-likeness (QED) is 0.131. The number of hydrogen-bond donors (Lipinski definition) is 0. The van der Waals surface area contributed by atoms with E-state index in [1.165, 1.54) is 24.3 Å².